The van der Waals surface area contributed by atoms with Crippen LogP contribution in [0, 0.1) is 12.8 Å². The van der Waals surface area contributed by atoms with Crippen LogP contribution >= 0.6 is 15.9 Å². The highest BCUT2D eigenvalue weighted by molar-refractivity contribution is 9.10. The molecule has 1 aromatic carbocycles. The summed E-state index contributed by atoms with van der Waals surface area (Å²) in [7, 11) is 0. The normalized spacial score (nSPS) is 10.7. The van der Waals surface area contributed by atoms with Crippen LogP contribution in [0.4, 0.5) is 0 Å². The predicted octanol–water partition coefficient (Wildman–Crippen LogP) is 4.57. The average molecular weight is 271 g/mol. The molecule has 1 nitrogen and oxygen atoms in total. The van der Waals surface area contributed by atoms with E-state index in [0.717, 1.165) is 29.2 Å². The molecule has 0 aromatic heterocycles. The Morgan fingerprint density at radius 2 is 2.07 bits per heavy atom. The maximum atomic E-state index is 5.67. The van der Waals surface area contributed by atoms with E-state index in [1.165, 1.54) is 12.0 Å². The fraction of sp³-hybridized carbons (Fsp3) is 0.538. The Bertz CT molecular complexity index is 307. The first-order valence-electron chi connectivity index (χ1n) is 5.48. The lowest BCUT2D eigenvalue weighted by molar-refractivity contribution is 0.297. The molecule has 0 aliphatic rings. The number of aryl methyl sites for hydroxylation is 1. The fourth-order valence-corrected chi connectivity index (χ4v) is 1.64. The number of hydrogen-bond donors (Lipinski definition) is 0. The predicted molar refractivity (Wildman–Crippen MR) is 68.4 cm³/mol. The van der Waals surface area contributed by atoms with Gasteiger partial charge < -0.3 is 4.74 Å². The first kappa shape index (κ1) is 12.6. The molecule has 0 N–H and O–H groups in total. The number of halogens is 1. The average Bonchev–Trinajstić information content (AvgIpc) is 2.18. The van der Waals surface area contributed by atoms with Crippen molar-refractivity contribution in [1.29, 1.82) is 0 Å². The van der Waals surface area contributed by atoms with Crippen LogP contribution in [0.1, 0.15) is 32.3 Å². The maximum absolute atomic E-state index is 5.67. The molecule has 1 aromatic rings. The van der Waals surface area contributed by atoms with Gasteiger partial charge >= 0.3 is 0 Å². The summed E-state index contributed by atoms with van der Waals surface area (Å²) >= 11 is 3.47. The zero-order chi connectivity index (χ0) is 11.3. The van der Waals surface area contributed by atoms with Gasteiger partial charge in [0.25, 0.3) is 0 Å². The van der Waals surface area contributed by atoms with Gasteiger partial charge in [0.05, 0.1) is 6.61 Å². The minimum absolute atomic E-state index is 0.764. The summed E-state index contributed by atoms with van der Waals surface area (Å²) in [6, 6.07) is 6.11. The highest BCUT2D eigenvalue weighted by atomic mass is 79.9. The van der Waals surface area contributed by atoms with Crippen molar-refractivity contribution in [1.82, 2.24) is 0 Å². The molecule has 0 aliphatic carbocycles. The van der Waals surface area contributed by atoms with E-state index in [2.05, 4.69) is 42.8 Å². The van der Waals surface area contributed by atoms with Crippen molar-refractivity contribution in [2.75, 3.05) is 6.61 Å². The van der Waals surface area contributed by atoms with Crippen molar-refractivity contribution in [3.05, 3.63) is 28.2 Å². The Kier molecular flexibility index (Phi) is 5.16. The highest BCUT2D eigenvalue weighted by Gasteiger charge is 1.99. The first-order chi connectivity index (χ1) is 7.09. The summed E-state index contributed by atoms with van der Waals surface area (Å²) in [5.74, 6) is 1.74. The Morgan fingerprint density at radius 1 is 1.33 bits per heavy atom. The second-order valence-electron chi connectivity index (χ2n) is 4.30. The van der Waals surface area contributed by atoms with E-state index >= 15 is 0 Å². The van der Waals surface area contributed by atoms with Gasteiger partial charge in [-0.1, -0.05) is 29.8 Å². The lowest BCUT2D eigenvalue weighted by Gasteiger charge is -2.08. The Hall–Kier alpha value is -0.500. The van der Waals surface area contributed by atoms with Gasteiger partial charge in [0.2, 0.25) is 0 Å². The summed E-state index contributed by atoms with van der Waals surface area (Å²) < 4.78 is 6.81. The lowest BCUT2D eigenvalue weighted by atomic mass is 10.1. The Labute approximate surface area is 101 Å². The minimum Gasteiger partial charge on any atom is -0.494 e. The van der Waals surface area contributed by atoms with Crippen molar-refractivity contribution < 1.29 is 4.74 Å². The second-order valence-corrected chi connectivity index (χ2v) is 5.15. The molecule has 0 heterocycles. The fourth-order valence-electron chi connectivity index (χ4n) is 1.39. The molecule has 0 amide bonds. The molecule has 1 rings (SSSR count). The first-order valence-corrected chi connectivity index (χ1v) is 6.28. The van der Waals surface area contributed by atoms with Gasteiger partial charge in [-0.3, -0.25) is 0 Å². The van der Waals surface area contributed by atoms with Crippen LogP contribution < -0.4 is 4.74 Å². The van der Waals surface area contributed by atoms with Crippen molar-refractivity contribution in [3.8, 4) is 5.75 Å². The van der Waals surface area contributed by atoms with E-state index in [0.29, 0.717) is 0 Å². The number of hydrogen-bond acceptors (Lipinski definition) is 1. The minimum atomic E-state index is 0.764. The van der Waals surface area contributed by atoms with E-state index in [4.69, 9.17) is 4.74 Å². The van der Waals surface area contributed by atoms with Crippen LogP contribution in [0.3, 0.4) is 0 Å². The number of rotatable bonds is 5. The van der Waals surface area contributed by atoms with Crippen LogP contribution in [0.5, 0.6) is 5.75 Å². The van der Waals surface area contributed by atoms with E-state index in [1.807, 2.05) is 12.1 Å². The quantitative estimate of drug-likeness (QED) is 0.713. The third-order valence-corrected chi connectivity index (χ3v) is 3.21. The summed E-state index contributed by atoms with van der Waals surface area (Å²) in [5, 5.41) is 0. The second kappa shape index (κ2) is 6.16. The molecule has 0 bridgehead atoms. The lowest BCUT2D eigenvalue weighted by Crippen LogP contribution is -1.99. The molecule has 0 aliphatic heterocycles. The Morgan fingerprint density at radius 3 is 2.67 bits per heavy atom. The van der Waals surface area contributed by atoms with Crippen LogP contribution in [0.2, 0.25) is 0 Å². The summed E-state index contributed by atoms with van der Waals surface area (Å²) in [6.07, 6.45) is 2.36. The highest BCUT2D eigenvalue weighted by Crippen LogP contribution is 2.21. The molecule has 15 heavy (non-hydrogen) atoms. The van der Waals surface area contributed by atoms with Gasteiger partial charge in [-0.25, -0.2) is 0 Å². The monoisotopic (exact) mass is 270 g/mol. The summed E-state index contributed by atoms with van der Waals surface area (Å²) in [5.41, 5.74) is 1.22. The van der Waals surface area contributed by atoms with Crippen molar-refractivity contribution in [2.45, 2.75) is 33.6 Å². The van der Waals surface area contributed by atoms with Crippen LogP contribution in [0.15, 0.2) is 22.7 Å². The van der Waals surface area contributed by atoms with E-state index < -0.39 is 0 Å². The molecule has 0 radical (unpaired) electrons. The number of ether oxygens (including phenoxy) is 1. The molecule has 0 saturated heterocycles. The molecule has 84 valence electrons. The van der Waals surface area contributed by atoms with Crippen molar-refractivity contribution in [2.24, 2.45) is 5.92 Å². The molecule has 2 heteroatoms. The molecular formula is C13H19BrO. The smallest absolute Gasteiger partial charge is 0.119 e. The van der Waals surface area contributed by atoms with Crippen molar-refractivity contribution >= 4 is 15.9 Å². The summed E-state index contributed by atoms with van der Waals surface area (Å²) in [4.78, 5) is 0. The SMILES string of the molecule is Cc1cc(OCCCC(C)C)ccc1Br. The molecule has 0 fully saturated rings. The van der Waals surface area contributed by atoms with Gasteiger partial charge in [0.15, 0.2) is 0 Å². The zero-order valence-electron chi connectivity index (χ0n) is 9.72. The van der Waals surface area contributed by atoms with E-state index in [-0.39, 0.29) is 0 Å². The standard InChI is InChI=1S/C13H19BrO/c1-10(2)5-4-8-15-12-6-7-13(14)11(3)9-12/h6-7,9-10H,4-5,8H2,1-3H3. The van der Waals surface area contributed by atoms with Crippen molar-refractivity contribution in [3.63, 3.8) is 0 Å². The van der Waals surface area contributed by atoms with E-state index in [9.17, 15) is 0 Å². The maximum Gasteiger partial charge on any atom is 0.119 e. The van der Waals surface area contributed by atoms with Crippen LogP contribution in [-0.2, 0) is 0 Å². The van der Waals surface area contributed by atoms with Gasteiger partial charge in [-0.2, -0.15) is 0 Å². The molecule has 0 atom stereocenters. The Balaban J connectivity index is 2.35. The van der Waals surface area contributed by atoms with Gasteiger partial charge in [0, 0.05) is 4.47 Å². The largest absolute Gasteiger partial charge is 0.494 e. The molecule has 0 spiro atoms. The van der Waals surface area contributed by atoms with Gasteiger partial charge in [0.1, 0.15) is 5.75 Å². The third kappa shape index (κ3) is 4.70. The van der Waals surface area contributed by atoms with E-state index in [1.54, 1.807) is 0 Å². The molecular weight excluding hydrogens is 252 g/mol. The topological polar surface area (TPSA) is 9.23 Å². The number of benzene rings is 1. The van der Waals surface area contributed by atoms with Gasteiger partial charge in [-0.15, -0.1) is 0 Å². The summed E-state index contributed by atoms with van der Waals surface area (Å²) in [6.45, 7) is 7.37. The molecule has 0 unspecified atom stereocenters. The zero-order valence-corrected chi connectivity index (χ0v) is 11.3. The van der Waals surface area contributed by atoms with Crippen LogP contribution in [-0.4, -0.2) is 6.61 Å². The van der Waals surface area contributed by atoms with Crippen LogP contribution in [0.25, 0.3) is 0 Å². The van der Waals surface area contributed by atoms with Gasteiger partial charge in [-0.05, 0) is 49.4 Å². The molecule has 0 saturated carbocycles. The third-order valence-electron chi connectivity index (χ3n) is 2.32.